The number of hydrogen-bond donors (Lipinski definition) is 0. The monoisotopic (exact) mass is 314 g/mol. The second kappa shape index (κ2) is 7.05. The molecule has 3 aromatic carbocycles. The Balaban J connectivity index is 2.14. The molecule has 122 valence electrons. The van der Waals surface area contributed by atoms with Gasteiger partial charge in [0, 0.05) is 0 Å². The highest BCUT2D eigenvalue weighted by molar-refractivity contribution is 5.84. The maximum absolute atomic E-state index is 2.36. The van der Waals surface area contributed by atoms with Crippen LogP contribution in [0.4, 0.5) is 0 Å². The summed E-state index contributed by atoms with van der Waals surface area (Å²) in [7, 11) is 0. The van der Waals surface area contributed by atoms with E-state index in [9.17, 15) is 0 Å². The first-order valence-corrected chi connectivity index (χ1v) is 8.86. The van der Waals surface area contributed by atoms with E-state index in [-0.39, 0.29) is 0 Å². The average molecular weight is 314 g/mol. The van der Waals surface area contributed by atoms with E-state index in [0.717, 1.165) is 0 Å². The van der Waals surface area contributed by atoms with Crippen molar-refractivity contribution in [2.75, 3.05) is 0 Å². The lowest BCUT2D eigenvalue weighted by atomic mass is 9.89. The van der Waals surface area contributed by atoms with Gasteiger partial charge < -0.3 is 0 Å². The van der Waals surface area contributed by atoms with Crippen LogP contribution in [0.3, 0.4) is 0 Å². The quantitative estimate of drug-likeness (QED) is 0.475. The molecule has 0 aliphatic rings. The Morgan fingerprint density at radius 3 is 1.62 bits per heavy atom. The molecule has 0 nitrogen and oxygen atoms in total. The van der Waals surface area contributed by atoms with E-state index in [1.807, 2.05) is 0 Å². The summed E-state index contributed by atoms with van der Waals surface area (Å²) in [6.45, 7) is 8.99. The van der Waals surface area contributed by atoms with Gasteiger partial charge in [-0.05, 0) is 45.2 Å². The molecule has 0 radical (unpaired) electrons. The zero-order valence-corrected chi connectivity index (χ0v) is 15.1. The molecule has 0 aliphatic heterocycles. The minimum absolute atomic E-state index is 0.531. The Labute approximate surface area is 146 Å². The lowest BCUT2D eigenvalue weighted by Crippen LogP contribution is -1.92. The summed E-state index contributed by atoms with van der Waals surface area (Å²) in [4.78, 5) is 0. The Kier molecular flexibility index (Phi) is 4.85. The van der Waals surface area contributed by atoms with Crippen LogP contribution in [-0.2, 0) is 0 Å². The van der Waals surface area contributed by atoms with E-state index in [0.29, 0.717) is 11.8 Å². The molecular formula is C24H26. The third-order valence-electron chi connectivity index (χ3n) is 4.68. The highest BCUT2D eigenvalue weighted by atomic mass is 14.1. The van der Waals surface area contributed by atoms with Gasteiger partial charge in [0.1, 0.15) is 0 Å². The van der Waals surface area contributed by atoms with E-state index >= 15 is 0 Å². The predicted molar refractivity (Wildman–Crippen MR) is 105 cm³/mol. The van der Waals surface area contributed by atoms with Crippen LogP contribution >= 0.6 is 0 Å². The van der Waals surface area contributed by atoms with Crippen LogP contribution in [0.2, 0.25) is 0 Å². The van der Waals surface area contributed by atoms with Crippen LogP contribution in [-0.4, -0.2) is 0 Å². The van der Waals surface area contributed by atoms with Crippen molar-refractivity contribution in [3.63, 3.8) is 0 Å². The summed E-state index contributed by atoms with van der Waals surface area (Å²) < 4.78 is 0. The molecular weight excluding hydrogens is 288 g/mol. The van der Waals surface area contributed by atoms with E-state index in [4.69, 9.17) is 0 Å². The molecule has 0 aliphatic carbocycles. The maximum atomic E-state index is 2.36. The topological polar surface area (TPSA) is 0 Å². The molecule has 0 saturated carbocycles. The Morgan fingerprint density at radius 2 is 1.04 bits per heavy atom. The van der Waals surface area contributed by atoms with Gasteiger partial charge in [-0.15, -0.1) is 0 Å². The van der Waals surface area contributed by atoms with Gasteiger partial charge in [0.25, 0.3) is 0 Å². The van der Waals surface area contributed by atoms with Crippen LogP contribution in [0.5, 0.6) is 0 Å². The summed E-state index contributed by atoms with van der Waals surface area (Å²) >= 11 is 0. The Hall–Kier alpha value is -2.34. The van der Waals surface area contributed by atoms with Crippen molar-refractivity contribution in [1.29, 1.82) is 0 Å². The zero-order chi connectivity index (χ0) is 17.1. The van der Waals surface area contributed by atoms with Crippen molar-refractivity contribution in [1.82, 2.24) is 0 Å². The molecule has 0 heterocycles. The summed E-state index contributed by atoms with van der Waals surface area (Å²) in [6, 6.07) is 26.6. The molecule has 0 amide bonds. The van der Waals surface area contributed by atoms with Crippen LogP contribution in [0, 0.1) is 0 Å². The maximum Gasteiger partial charge on any atom is -0.0103 e. The molecule has 0 N–H and O–H groups in total. The summed E-state index contributed by atoms with van der Waals surface area (Å²) in [5.74, 6) is 1.10. The first kappa shape index (κ1) is 16.5. The lowest BCUT2D eigenvalue weighted by molar-refractivity contribution is 0.866. The third-order valence-corrected chi connectivity index (χ3v) is 4.68. The highest BCUT2D eigenvalue weighted by Crippen LogP contribution is 2.35. The molecule has 3 aromatic rings. The fraction of sp³-hybridized carbons (Fsp3) is 0.250. The van der Waals surface area contributed by atoms with Gasteiger partial charge in [0.05, 0.1) is 0 Å². The largest absolute Gasteiger partial charge is 0.0622 e. The standard InChI is InChI=1S/C24H26/c1-17(2)19-10-12-21(13-11-19)24-16-22(18(3)4)14-15-23(24)20-8-6-5-7-9-20/h5-18H,1-4H3. The molecule has 0 heteroatoms. The molecule has 0 fully saturated rings. The molecule has 0 aromatic heterocycles. The first-order chi connectivity index (χ1) is 11.6. The molecule has 0 unspecified atom stereocenters. The highest BCUT2D eigenvalue weighted by Gasteiger charge is 2.10. The van der Waals surface area contributed by atoms with Gasteiger partial charge in [-0.3, -0.25) is 0 Å². The Morgan fingerprint density at radius 1 is 0.500 bits per heavy atom. The van der Waals surface area contributed by atoms with E-state index in [1.54, 1.807) is 0 Å². The van der Waals surface area contributed by atoms with Crippen molar-refractivity contribution in [3.05, 3.63) is 83.9 Å². The molecule has 24 heavy (non-hydrogen) atoms. The minimum atomic E-state index is 0.531. The molecule has 0 saturated heterocycles. The van der Waals surface area contributed by atoms with Gasteiger partial charge in [-0.25, -0.2) is 0 Å². The van der Waals surface area contributed by atoms with Crippen LogP contribution < -0.4 is 0 Å². The number of benzene rings is 3. The fourth-order valence-electron chi connectivity index (χ4n) is 3.08. The second-order valence-electron chi connectivity index (χ2n) is 7.10. The van der Waals surface area contributed by atoms with E-state index < -0.39 is 0 Å². The molecule has 0 spiro atoms. The molecule has 3 rings (SSSR count). The van der Waals surface area contributed by atoms with Crippen molar-refractivity contribution >= 4 is 0 Å². The van der Waals surface area contributed by atoms with Crippen molar-refractivity contribution in [3.8, 4) is 22.3 Å². The van der Waals surface area contributed by atoms with Gasteiger partial charge in [0.15, 0.2) is 0 Å². The number of hydrogen-bond acceptors (Lipinski definition) is 0. The third kappa shape index (κ3) is 3.43. The summed E-state index contributed by atoms with van der Waals surface area (Å²) in [5.41, 5.74) is 7.97. The van der Waals surface area contributed by atoms with Gasteiger partial charge in [-0.1, -0.05) is 100 Å². The normalized spacial score (nSPS) is 11.2. The van der Waals surface area contributed by atoms with Gasteiger partial charge in [0.2, 0.25) is 0 Å². The van der Waals surface area contributed by atoms with Crippen molar-refractivity contribution in [2.45, 2.75) is 39.5 Å². The van der Waals surface area contributed by atoms with Crippen LogP contribution in [0.25, 0.3) is 22.3 Å². The Bertz CT molecular complexity index is 793. The lowest BCUT2D eigenvalue weighted by Gasteiger charge is -2.15. The molecule has 0 atom stereocenters. The number of rotatable bonds is 4. The summed E-state index contributed by atoms with van der Waals surface area (Å²) in [6.07, 6.45) is 0. The van der Waals surface area contributed by atoms with Crippen molar-refractivity contribution < 1.29 is 0 Å². The van der Waals surface area contributed by atoms with Gasteiger partial charge >= 0.3 is 0 Å². The first-order valence-electron chi connectivity index (χ1n) is 8.86. The summed E-state index contributed by atoms with van der Waals surface area (Å²) in [5, 5.41) is 0. The minimum Gasteiger partial charge on any atom is -0.0622 e. The van der Waals surface area contributed by atoms with Gasteiger partial charge in [-0.2, -0.15) is 0 Å². The fourth-order valence-corrected chi connectivity index (χ4v) is 3.08. The van der Waals surface area contributed by atoms with Crippen LogP contribution in [0.15, 0.2) is 72.8 Å². The average Bonchev–Trinajstić information content (AvgIpc) is 2.62. The zero-order valence-electron chi connectivity index (χ0n) is 15.1. The second-order valence-corrected chi connectivity index (χ2v) is 7.10. The van der Waals surface area contributed by atoms with Crippen molar-refractivity contribution in [2.24, 2.45) is 0 Å². The molecule has 0 bridgehead atoms. The SMILES string of the molecule is CC(C)c1ccc(-c2cc(C(C)C)ccc2-c2ccccc2)cc1. The predicted octanol–water partition coefficient (Wildman–Crippen LogP) is 7.27. The van der Waals surface area contributed by atoms with E-state index in [2.05, 4.69) is 100 Å². The van der Waals surface area contributed by atoms with Crippen LogP contribution in [0.1, 0.15) is 50.7 Å². The van der Waals surface area contributed by atoms with E-state index in [1.165, 1.54) is 33.4 Å². The smallest absolute Gasteiger partial charge is 0.0103 e.